The minimum atomic E-state index is 0. The number of carbonyl (C=O) groups is 1. The number of likely N-dealkylation sites (N-methyl/N-ethyl adjacent to an activating group) is 1. The zero-order chi connectivity index (χ0) is 15.9. The van der Waals surface area contributed by atoms with Crippen molar-refractivity contribution in [1.29, 1.82) is 0 Å². The molecule has 1 heterocycles. The average Bonchev–Trinajstić information content (AvgIpc) is 3.06. The SMILES string of the molecule is CCC(=O)N(CC(C)N(C)Cc1ccccc1)c1cccs1.Cl. The van der Waals surface area contributed by atoms with E-state index in [1.54, 1.807) is 11.3 Å². The maximum absolute atomic E-state index is 12.2. The molecule has 0 radical (unpaired) electrons. The van der Waals surface area contributed by atoms with Gasteiger partial charge in [-0.2, -0.15) is 0 Å². The molecule has 0 bridgehead atoms. The monoisotopic (exact) mass is 352 g/mol. The molecule has 2 aromatic rings. The molecule has 0 fully saturated rings. The molecule has 0 aliphatic heterocycles. The van der Waals surface area contributed by atoms with Crippen molar-refractivity contribution < 1.29 is 4.79 Å². The molecule has 3 nitrogen and oxygen atoms in total. The summed E-state index contributed by atoms with van der Waals surface area (Å²) in [6.45, 7) is 5.70. The van der Waals surface area contributed by atoms with E-state index in [1.165, 1.54) is 5.56 Å². The summed E-state index contributed by atoms with van der Waals surface area (Å²) in [6, 6.07) is 14.7. The second-order valence-electron chi connectivity index (χ2n) is 5.56. The molecule has 1 aromatic carbocycles. The maximum atomic E-state index is 12.2. The van der Waals surface area contributed by atoms with E-state index in [2.05, 4.69) is 43.1 Å². The lowest BCUT2D eigenvalue weighted by Gasteiger charge is -2.30. The van der Waals surface area contributed by atoms with Crippen molar-refractivity contribution in [3.63, 3.8) is 0 Å². The number of benzene rings is 1. The third-order valence-electron chi connectivity index (χ3n) is 3.85. The van der Waals surface area contributed by atoms with Crippen LogP contribution in [0.15, 0.2) is 47.8 Å². The molecule has 0 saturated heterocycles. The van der Waals surface area contributed by atoms with Crippen LogP contribution < -0.4 is 4.90 Å². The molecular weight excluding hydrogens is 328 g/mol. The zero-order valence-electron chi connectivity index (χ0n) is 13.9. The summed E-state index contributed by atoms with van der Waals surface area (Å²) in [5.41, 5.74) is 1.29. The van der Waals surface area contributed by atoms with E-state index in [9.17, 15) is 4.79 Å². The fourth-order valence-corrected chi connectivity index (χ4v) is 3.12. The van der Waals surface area contributed by atoms with Crippen LogP contribution >= 0.6 is 23.7 Å². The predicted octanol–water partition coefficient (Wildman–Crippen LogP) is 4.43. The zero-order valence-corrected chi connectivity index (χ0v) is 15.6. The first-order valence-corrected chi connectivity index (χ1v) is 8.57. The Morgan fingerprint density at radius 2 is 1.87 bits per heavy atom. The van der Waals surface area contributed by atoms with E-state index in [1.807, 2.05) is 35.4 Å². The van der Waals surface area contributed by atoms with Gasteiger partial charge in [-0.1, -0.05) is 37.3 Å². The van der Waals surface area contributed by atoms with Gasteiger partial charge in [0, 0.05) is 25.6 Å². The van der Waals surface area contributed by atoms with Crippen molar-refractivity contribution in [2.75, 3.05) is 18.5 Å². The normalized spacial score (nSPS) is 11.8. The lowest BCUT2D eigenvalue weighted by atomic mass is 10.2. The first-order valence-electron chi connectivity index (χ1n) is 7.69. The van der Waals surface area contributed by atoms with E-state index in [0.717, 1.165) is 18.1 Å². The van der Waals surface area contributed by atoms with E-state index < -0.39 is 0 Å². The highest BCUT2D eigenvalue weighted by atomic mass is 35.5. The Hall–Kier alpha value is -1.36. The minimum absolute atomic E-state index is 0. The van der Waals surface area contributed by atoms with Gasteiger partial charge in [0.25, 0.3) is 0 Å². The van der Waals surface area contributed by atoms with Gasteiger partial charge in [-0.05, 0) is 37.0 Å². The van der Waals surface area contributed by atoms with Crippen LogP contribution in [0.25, 0.3) is 0 Å². The summed E-state index contributed by atoms with van der Waals surface area (Å²) < 4.78 is 0. The highest BCUT2D eigenvalue weighted by Crippen LogP contribution is 2.23. The van der Waals surface area contributed by atoms with Crippen molar-refractivity contribution in [2.45, 2.75) is 32.9 Å². The van der Waals surface area contributed by atoms with Gasteiger partial charge in [-0.15, -0.1) is 23.7 Å². The predicted molar refractivity (Wildman–Crippen MR) is 102 cm³/mol. The summed E-state index contributed by atoms with van der Waals surface area (Å²) in [4.78, 5) is 16.4. The maximum Gasteiger partial charge on any atom is 0.227 e. The molecule has 0 aliphatic rings. The van der Waals surface area contributed by atoms with E-state index in [-0.39, 0.29) is 24.4 Å². The Morgan fingerprint density at radius 3 is 2.43 bits per heavy atom. The number of nitrogens with zero attached hydrogens (tertiary/aromatic N) is 2. The fourth-order valence-electron chi connectivity index (χ4n) is 2.36. The van der Waals surface area contributed by atoms with Crippen LogP contribution in [0.3, 0.4) is 0 Å². The molecule has 0 saturated carbocycles. The Bertz CT molecular complexity index is 574. The first-order chi connectivity index (χ1) is 10.6. The Labute approximate surface area is 149 Å². The number of rotatable bonds is 7. The lowest BCUT2D eigenvalue weighted by Crippen LogP contribution is -2.42. The summed E-state index contributed by atoms with van der Waals surface area (Å²) in [7, 11) is 2.11. The van der Waals surface area contributed by atoms with Crippen LogP contribution in [0.2, 0.25) is 0 Å². The number of anilines is 1. The second kappa shape index (κ2) is 9.71. The van der Waals surface area contributed by atoms with Gasteiger partial charge in [0.15, 0.2) is 0 Å². The number of halogens is 1. The van der Waals surface area contributed by atoms with E-state index in [0.29, 0.717) is 6.42 Å². The van der Waals surface area contributed by atoms with Gasteiger partial charge >= 0.3 is 0 Å². The van der Waals surface area contributed by atoms with Crippen molar-refractivity contribution in [1.82, 2.24) is 4.90 Å². The quantitative estimate of drug-likeness (QED) is 0.735. The molecule has 1 atom stereocenters. The van der Waals surface area contributed by atoms with Crippen LogP contribution in [0.1, 0.15) is 25.8 Å². The lowest BCUT2D eigenvalue weighted by molar-refractivity contribution is -0.118. The molecule has 23 heavy (non-hydrogen) atoms. The summed E-state index contributed by atoms with van der Waals surface area (Å²) in [5.74, 6) is 0.183. The average molecular weight is 353 g/mol. The van der Waals surface area contributed by atoms with E-state index in [4.69, 9.17) is 0 Å². The summed E-state index contributed by atoms with van der Waals surface area (Å²) in [6.07, 6.45) is 0.535. The number of carbonyl (C=O) groups excluding carboxylic acids is 1. The van der Waals surface area contributed by atoms with Gasteiger partial charge in [0.2, 0.25) is 5.91 Å². The molecule has 126 valence electrons. The van der Waals surface area contributed by atoms with Gasteiger partial charge in [0.1, 0.15) is 0 Å². The molecule has 1 aromatic heterocycles. The van der Waals surface area contributed by atoms with Gasteiger partial charge in [0.05, 0.1) is 5.00 Å². The number of thiophene rings is 1. The van der Waals surface area contributed by atoms with Crippen molar-refractivity contribution in [2.24, 2.45) is 0 Å². The van der Waals surface area contributed by atoms with Crippen molar-refractivity contribution in [3.05, 3.63) is 53.4 Å². The molecule has 1 amide bonds. The molecule has 1 unspecified atom stereocenters. The fraction of sp³-hybridized carbons (Fsp3) is 0.389. The number of hydrogen-bond acceptors (Lipinski definition) is 3. The van der Waals surface area contributed by atoms with Crippen LogP contribution in [0.4, 0.5) is 5.00 Å². The Morgan fingerprint density at radius 1 is 1.17 bits per heavy atom. The molecular formula is C18H25ClN2OS. The standard InChI is InChI=1S/C18H24N2OS.ClH/c1-4-17(21)20(18-11-8-12-22-18)13-15(2)19(3)14-16-9-6-5-7-10-16;/h5-12,15H,4,13-14H2,1-3H3;1H. The molecule has 0 aliphatic carbocycles. The topological polar surface area (TPSA) is 23.6 Å². The third-order valence-corrected chi connectivity index (χ3v) is 4.74. The molecule has 2 rings (SSSR count). The van der Waals surface area contributed by atoms with Crippen LogP contribution in [0, 0.1) is 0 Å². The highest BCUT2D eigenvalue weighted by Gasteiger charge is 2.20. The minimum Gasteiger partial charge on any atom is -0.302 e. The molecule has 0 spiro atoms. The van der Waals surface area contributed by atoms with Crippen molar-refractivity contribution >= 4 is 34.7 Å². The second-order valence-corrected chi connectivity index (χ2v) is 6.49. The van der Waals surface area contributed by atoms with Gasteiger partial charge in [-0.25, -0.2) is 0 Å². The largest absolute Gasteiger partial charge is 0.302 e. The summed E-state index contributed by atoms with van der Waals surface area (Å²) >= 11 is 1.62. The Kier molecular flexibility index (Phi) is 8.31. The van der Waals surface area contributed by atoms with Gasteiger partial charge in [-0.3, -0.25) is 9.69 Å². The van der Waals surface area contributed by atoms with Crippen molar-refractivity contribution in [3.8, 4) is 0 Å². The van der Waals surface area contributed by atoms with Gasteiger partial charge < -0.3 is 4.90 Å². The number of hydrogen-bond donors (Lipinski definition) is 0. The third kappa shape index (κ3) is 5.65. The molecule has 0 N–H and O–H groups in total. The summed E-state index contributed by atoms with van der Waals surface area (Å²) in [5, 5.41) is 3.05. The van der Waals surface area contributed by atoms with Crippen LogP contribution in [0.5, 0.6) is 0 Å². The van der Waals surface area contributed by atoms with E-state index >= 15 is 0 Å². The smallest absolute Gasteiger partial charge is 0.227 e. The first kappa shape index (κ1) is 19.7. The number of amides is 1. The van der Waals surface area contributed by atoms with Crippen LogP contribution in [-0.2, 0) is 11.3 Å². The molecule has 5 heteroatoms. The van der Waals surface area contributed by atoms with Crippen LogP contribution in [-0.4, -0.2) is 30.4 Å². The Balaban J connectivity index is 0.00000264. The highest BCUT2D eigenvalue weighted by molar-refractivity contribution is 7.14.